The summed E-state index contributed by atoms with van der Waals surface area (Å²) < 4.78 is 0. The summed E-state index contributed by atoms with van der Waals surface area (Å²) >= 11 is 0. The normalized spacial score (nSPS) is 31.3. The van der Waals surface area contributed by atoms with E-state index in [9.17, 15) is 34.8 Å². The van der Waals surface area contributed by atoms with Gasteiger partial charge in [-0.1, -0.05) is 12.1 Å². The van der Waals surface area contributed by atoms with E-state index in [1.807, 2.05) is 0 Å². The summed E-state index contributed by atoms with van der Waals surface area (Å²) in [5.74, 6) is -6.25. The van der Waals surface area contributed by atoms with Crippen molar-refractivity contribution >= 4 is 23.2 Å². The first-order valence-electron chi connectivity index (χ1n) is 9.09. The lowest BCUT2D eigenvalue weighted by Crippen LogP contribution is -2.69. The molecule has 0 saturated heterocycles. The summed E-state index contributed by atoms with van der Waals surface area (Å²) in [7, 11) is 1.34. The number of nitrogens with one attached hydrogen (secondary N) is 1. The number of Topliss-reactive ketones (excluding diaryl/α,β-unsaturated/α-hetero) is 2. The maximum absolute atomic E-state index is 13.6. The number of ketones is 2. The molecule has 4 atom stereocenters. The number of nitrogens with two attached hydrogens (primary N) is 1. The van der Waals surface area contributed by atoms with Crippen molar-refractivity contribution in [1.29, 1.82) is 0 Å². The number of hydrogen-bond donors (Lipinski definition) is 6. The van der Waals surface area contributed by atoms with Crippen LogP contribution in [0.5, 0.6) is 5.75 Å². The number of aromatic hydroxyl groups is 1. The number of phenolic OH excluding ortho intramolecular Hbond substituents is 1. The van der Waals surface area contributed by atoms with Crippen molar-refractivity contribution in [2.75, 3.05) is 7.05 Å². The lowest BCUT2D eigenvalue weighted by molar-refractivity contribution is -0.137. The predicted octanol–water partition coefficient (Wildman–Crippen LogP) is -0.378. The van der Waals surface area contributed by atoms with Crippen LogP contribution in [-0.2, 0) is 20.8 Å². The van der Waals surface area contributed by atoms with E-state index in [1.54, 1.807) is 12.1 Å². The summed E-state index contributed by atoms with van der Waals surface area (Å²) in [4.78, 5) is 37.7. The first-order chi connectivity index (χ1) is 13.7. The quantitative estimate of drug-likeness (QED) is 0.365. The van der Waals surface area contributed by atoms with Gasteiger partial charge in [0, 0.05) is 23.8 Å². The van der Waals surface area contributed by atoms with E-state index in [1.165, 1.54) is 13.1 Å². The van der Waals surface area contributed by atoms with Crippen molar-refractivity contribution in [2.45, 2.75) is 24.5 Å². The van der Waals surface area contributed by atoms with Gasteiger partial charge in [0.15, 0.2) is 11.6 Å². The Morgan fingerprint density at radius 2 is 1.90 bits per heavy atom. The fourth-order valence-electron chi connectivity index (χ4n) is 5.02. The summed E-state index contributed by atoms with van der Waals surface area (Å²) in [6.45, 7) is 0. The van der Waals surface area contributed by atoms with E-state index in [0.717, 1.165) is 0 Å². The molecule has 0 radical (unpaired) electrons. The highest BCUT2D eigenvalue weighted by molar-refractivity contribution is 6.23. The van der Waals surface area contributed by atoms with Gasteiger partial charge >= 0.3 is 0 Å². The van der Waals surface area contributed by atoms with Crippen LogP contribution in [0.15, 0.2) is 35.1 Å². The Morgan fingerprint density at radius 1 is 1.21 bits per heavy atom. The third kappa shape index (κ3) is 2.25. The van der Waals surface area contributed by atoms with Gasteiger partial charge in [0.25, 0.3) is 5.91 Å². The van der Waals surface area contributed by atoms with Crippen LogP contribution in [0.4, 0.5) is 0 Å². The lowest BCUT2D eigenvalue weighted by Gasteiger charge is -2.51. The number of rotatable bonds is 2. The zero-order chi connectivity index (χ0) is 21.2. The number of carbonyl (C=O) groups excluding carboxylic acids is 3. The van der Waals surface area contributed by atoms with E-state index in [-0.39, 0.29) is 29.7 Å². The Morgan fingerprint density at radius 3 is 2.52 bits per heavy atom. The first-order valence-corrected chi connectivity index (χ1v) is 9.09. The molecule has 0 aliphatic heterocycles. The number of hydrogen-bond acceptors (Lipinski definition) is 8. The molecule has 0 heterocycles. The zero-order valence-corrected chi connectivity index (χ0v) is 15.5. The molecule has 9 nitrogen and oxygen atoms in total. The lowest BCUT2D eigenvalue weighted by atomic mass is 9.56. The minimum atomic E-state index is -2.00. The van der Waals surface area contributed by atoms with Crippen LogP contribution in [0.2, 0.25) is 0 Å². The van der Waals surface area contributed by atoms with Gasteiger partial charge in [-0.3, -0.25) is 14.4 Å². The number of aliphatic hydroxyl groups is 3. The SMILES string of the molecule is CN[C@]12C(=O)C3=C(O)c4c(O)cccc4C[C@H]3[C@@H](O)[C@@H]1CC(=O)C(C(N)=O)=C2O. The molecular weight excluding hydrogens is 380 g/mol. The molecule has 0 spiro atoms. The Balaban J connectivity index is 2.01. The fourth-order valence-corrected chi connectivity index (χ4v) is 5.02. The van der Waals surface area contributed by atoms with Gasteiger partial charge in [-0.25, -0.2) is 0 Å². The van der Waals surface area contributed by atoms with Gasteiger partial charge in [-0.2, -0.15) is 0 Å². The number of amides is 1. The highest BCUT2D eigenvalue weighted by atomic mass is 16.3. The summed E-state index contributed by atoms with van der Waals surface area (Å²) in [6, 6.07) is 4.60. The van der Waals surface area contributed by atoms with Gasteiger partial charge in [0.05, 0.1) is 11.7 Å². The van der Waals surface area contributed by atoms with Crippen LogP contribution in [-0.4, -0.2) is 56.6 Å². The van der Waals surface area contributed by atoms with Crippen LogP contribution in [0.25, 0.3) is 5.76 Å². The van der Waals surface area contributed by atoms with Crippen molar-refractivity contribution in [3.8, 4) is 5.75 Å². The number of aliphatic hydroxyl groups excluding tert-OH is 3. The molecule has 3 aliphatic rings. The molecule has 1 fully saturated rings. The summed E-state index contributed by atoms with van der Waals surface area (Å²) in [5, 5.41) is 45.5. The third-order valence-electron chi connectivity index (χ3n) is 6.35. The van der Waals surface area contributed by atoms with E-state index in [2.05, 4.69) is 5.32 Å². The Kier molecular flexibility index (Phi) is 4.07. The molecule has 9 heteroatoms. The van der Waals surface area contributed by atoms with Gasteiger partial charge in [0.1, 0.15) is 28.4 Å². The molecule has 7 N–H and O–H groups in total. The second-order valence-corrected chi connectivity index (χ2v) is 7.58. The highest BCUT2D eigenvalue weighted by Gasteiger charge is 2.63. The average molecular weight is 400 g/mol. The topological polar surface area (TPSA) is 170 Å². The van der Waals surface area contributed by atoms with Crippen molar-refractivity contribution in [3.63, 3.8) is 0 Å². The maximum atomic E-state index is 13.6. The Bertz CT molecular complexity index is 1040. The molecule has 29 heavy (non-hydrogen) atoms. The van der Waals surface area contributed by atoms with Gasteiger partial charge < -0.3 is 31.5 Å². The standard InChI is InChI=1S/C20H20N2O7/c1-22-20-9(6-11(24)14(18(20)28)19(21)29)15(25)8-5-7-3-2-4-10(23)12(7)16(26)13(8)17(20)27/h2-4,8-9,15,22-23,25-26,28H,5-6H2,1H3,(H2,21,29)/t8-,9+,15-,20+/m1/s1. The van der Waals surface area contributed by atoms with Crippen molar-refractivity contribution in [1.82, 2.24) is 5.32 Å². The Labute approximate surface area is 165 Å². The van der Waals surface area contributed by atoms with Crippen LogP contribution >= 0.6 is 0 Å². The molecule has 4 rings (SSSR count). The molecule has 152 valence electrons. The van der Waals surface area contributed by atoms with Crippen LogP contribution < -0.4 is 11.1 Å². The van der Waals surface area contributed by atoms with Gasteiger partial charge in [-0.05, 0) is 25.1 Å². The van der Waals surface area contributed by atoms with Crippen LogP contribution in [0.1, 0.15) is 17.5 Å². The van der Waals surface area contributed by atoms with E-state index in [4.69, 9.17) is 5.73 Å². The molecule has 0 unspecified atom stereocenters. The number of primary amides is 1. The average Bonchev–Trinajstić information content (AvgIpc) is 2.65. The number of fused-ring (bicyclic) bond motifs is 3. The zero-order valence-electron chi connectivity index (χ0n) is 15.5. The van der Waals surface area contributed by atoms with Crippen LogP contribution in [0, 0.1) is 11.8 Å². The van der Waals surface area contributed by atoms with Crippen LogP contribution in [0.3, 0.4) is 0 Å². The number of carbonyl (C=O) groups is 3. The first kappa shape index (κ1) is 19.2. The number of likely N-dealkylation sites (N-methyl/N-ethyl adjacent to an activating group) is 1. The Hall–Kier alpha value is -3.17. The smallest absolute Gasteiger partial charge is 0.255 e. The molecule has 1 aromatic rings. The molecule has 1 saturated carbocycles. The largest absolute Gasteiger partial charge is 0.509 e. The maximum Gasteiger partial charge on any atom is 0.255 e. The second-order valence-electron chi connectivity index (χ2n) is 7.58. The van der Waals surface area contributed by atoms with Crippen molar-refractivity contribution in [2.24, 2.45) is 17.6 Å². The third-order valence-corrected chi connectivity index (χ3v) is 6.35. The van der Waals surface area contributed by atoms with Crippen molar-refractivity contribution in [3.05, 3.63) is 46.2 Å². The monoisotopic (exact) mass is 400 g/mol. The molecular formula is C20H20N2O7. The number of benzene rings is 1. The van der Waals surface area contributed by atoms with E-state index >= 15 is 0 Å². The second kappa shape index (κ2) is 6.16. The van der Waals surface area contributed by atoms with Crippen molar-refractivity contribution < 1.29 is 34.8 Å². The van der Waals surface area contributed by atoms with Gasteiger partial charge in [0.2, 0.25) is 0 Å². The molecule has 1 amide bonds. The molecule has 3 aliphatic carbocycles. The molecule has 0 bridgehead atoms. The van der Waals surface area contributed by atoms with E-state index in [0.29, 0.717) is 5.56 Å². The molecule has 0 aromatic heterocycles. The fraction of sp³-hybridized carbons (Fsp3) is 0.350. The van der Waals surface area contributed by atoms with E-state index < -0.39 is 58.0 Å². The summed E-state index contributed by atoms with van der Waals surface area (Å²) in [5.41, 5.74) is 2.97. The highest BCUT2D eigenvalue weighted by Crippen LogP contribution is 2.51. The number of phenols is 1. The molecule has 1 aromatic carbocycles. The minimum absolute atomic E-state index is 0.0782. The van der Waals surface area contributed by atoms with Gasteiger partial charge in [-0.15, -0.1) is 0 Å². The predicted molar refractivity (Wildman–Crippen MR) is 99.6 cm³/mol. The minimum Gasteiger partial charge on any atom is -0.509 e. The summed E-state index contributed by atoms with van der Waals surface area (Å²) in [6.07, 6.45) is -1.53.